The lowest BCUT2D eigenvalue weighted by atomic mass is 10.2. The molecule has 2 aromatic carbocycles. The number of carbonyl (C=O) groups is 1. The Labute approximate surface area is 173 Å². The molecule has 0 aliphatic carbocycles. The van der Waals surface area contributed by atoms with Gasteiger partial charge in [-0.05, 0) is 61.1 Å². The smallest absolute Gasteiger partial charge is 0.338 e. The SMILES string of the molecule is CCOC(=O)c1ccc(NC(=S)Nc2cnn(Cc3ccc(Cl)cc3)c2)cc1. The first-order valence-corrected chi connectivity index (χ1v) is 9.44. The van der Waals surface area contributed by atoms with E-state index in [0.29, 0.717) is 28.9 Å². The molecule has 6 nitrogen and oxygen atoms in total. The van der Waals surface area contributed by atoms with Crippen molar-refractivity contribution in [3.8, 4) is 0 Å². The number of halogens is 1. The Hall–Kier alpha value is -2.90. The van der Waals surface area contributed by atoms with Crippen molar-refractivity contribution in [1.82, 2.24) is 9.78 Å². The predicted molar refractivity (Wildman–Crippen MR) is 115 cm³/mol. The van der Waals surface area contributed by atoms with E-state index in [-0.39, 0.29) is 5.97 Å². The van der Waals surface area contributed by atoms with E-state index in [2.05, 4.69) is 15.7 Å². The van der Waals surface area contributed by atoms with E-state index in [9.17, 15) is 4.79 Å². The van der Waals surface area contributed by atoms with Crippen LogP contribution in [-0.4, -0.2) is 27.5 Å². The van der Waals surface area contributed by atoms with Gasteiger partial charge in [0.1, 0.15) is 0 Å². The molecular weight excluding hydrogens is 396 g/mol. The topological polar surface area (TPSA) is 68.2 Å². The van der Waals surface area contributed by atoms with Gasteiger partial charge < -0.3 is 15.4 Å². The normalized spacial score (nSPS) is 10.4. The van der Waals surface area contributed by atoms with Crippen molar-refractivity contribution in [2.45, 2.75) is 13.5 Å². The van der Waals surface area contributed by atoms with Gasteiger partial charge in [-0.3, -0.25) is 4.68 Å². The van der Waals surface area contributed by atoms with Crippen molar-refractivity contribution in [3.05, 3.63) is 77.1 Å². The molecule has 0 saturated carbocycles. The Morgan fingerprint density at radius 3 is 2.46 bits per heavy atom. The molecule has 0 aliphatic heterocycles. The second-order valence-electron chi connectivity index (χ2n) is 5.93. The molecule has 0 unspecified atom stereocenters. The highest BCUT2D eigenvalue weighted by molar-refractivity contribution is 7.80. The highest BCUT2D eigenvalue weighted by Crippen LogP contribution is 2.14. The number of carbonyl (C=O) groups excluding carboxylic acids is 1. The zero-order chi connectivity index (χ0) is 19.9. The molecule has 8 heteroatoms. The fraction of sp³-hybridized carbons (Fsp3) is 0.150. The number of nitrogens with one attached hydrogen (secondary N) is 2. The highest BCUT2D eigenvalue weighted by atomic mass is 35.5. The summed E-state index contributed by atoms with van der Waals surface area (Å²) in [5, 5.41) is 11.6. The summed E-state index contributed by atoms with van der Waals surface area (Å²) in [7, 11) is 0. The molecule has 0 fully saturated rings. The van der Waals surface area contributed by atoms with Crippen molar-refractivity contribution < 1.29 is 9.53 Å². The van der Waals surface area contributed by atoms with Gasteiger partial charge in [0, 0.05) is 16.9 Å². The fourth-order valence-corrected chi connectivity index (χ4v) is 2.85. The van der Waals surface area contributed by atoms with E-state index in [1.807, 2.05) is 35.1 Å². The van der Waals surface area contributed by atoms with Crippen LogP contribution in [0.3, 0.4) is 0 Å². The number of ether oxygens (including phenoxy) is 1. The Bertz CT molecular complexity index is 955. The Morgan fingerprint density at radius 1 is 1.11 bits per heavy atom. The number of nitrogens with zero attached hydrogens (tertiary/aromatic N) is 2. The Morgan fingerprint density at radius 2 is 1.79 bits per heavy atom. The van der Waals surface area contributed by atoms with Crippen LogP contribution in [0.2, 0.25) is 5.02 Å². The van der Waals surface area contributed by atoms with Crippen molar-refractivity contribution in [3.63, 3.8) is 0 Å². The lowest BCUT2D eigenvalue weighted by molar-refractivity contribution is 0.0526. The monoisotopic (exact) mass is 414 g/mol. The number of anilines is 2. The molecule has 3 rings (SSSR count). The van der Waals surface area contributed by atoms with Crippen LogP contribution >= 0.6 is 23.8 Å². The summed E-state index contributed by atoms with van der Waals surface area (Å²) in [6, 6.07) is 14.5. The van der Waals surface area contributed by atoms with Crippen LogP contribution in [0.5, 0.6) is 0 Å². The van der Waals surface area contributed by atoms with E-state index in [4.69, 9.17) is 28.6 Å². The van der Waals surface area contributed by atoms with Crippen LogP contribution in [0.15, 0.2) is 60.9 Å². The molecule has 0 amide bonds. The molecular formula is C20H19ClN4O2S. The largest absolute Gasteiger partial charge is 0.462 e. The van der Waals surface area contributed by atoms with E-state index < -0.39 is 0 Å². The molecule has 2 N–H and O–H groups in total. The van der Waals surface area contributed by atoms with Crippen molar-refractivity contribution in [2.24, 2.45) is 0 Å². The third-order valence-electron chi connectivity index (χ3n) is 3.80. The third kappa shape index (κ3) is 5.55. The van der Waals surface area contributed by atoms with Gasteiger partial charge in [-0.1, -0.05) is 23.7 Å². The maximum atomic E-state index is 11.7. The molecule has 1 aromatic heterocycles. The minimum atomic E-state index is -0.345. The molecule has 0 atom stereocenters. The Kier molecular flexibility index (Phi) is 6.62. The van der Waals surface area contributed by atoms with Gasteiger partial charge >= 0.3 is 5.97 Å². The maximum Gasteiger partial charge on any atom is 0.338 e. The van der Waals surface area contributed by atoms with Crippen LogP contribution in [0.25, 0.3) is 0 Å². The van der Waals surface area contributed by atoms with Gasteiger partial charge in [0.2, 0.25) is 0 Å². The van der Waals surface area contributed by atoms with Crippen LogP contribution in [0.4, 0.5) is 11.4 Å². The molecule has 1 heterocycles. The van der Waals surface area contributed by atoms with Crippen LogP contribution in [0.1, 0.15) is 22.8 Å². The highest BCUT2D eigenvalue weighted by Gasteiger charge is 2.07. The average Bonchev–Trinajstić information content (AvgIpc) is 3.11. The zero-order valence-corrected chi connectivity index (χ0v) is 16.8. The van der Waals surface area contributed by atoms with Crippen LogP contribution in [-0.2, 0) is 11.3 Å². The van der Waals surface area contributed by atoms with Gasteiger partial charge in [-0.2, -0.15) is 5.10 Å². The molecule has 144 valence electrons. The van der Waals surface area contributed by atoms with Gasteiger partial charge in [-0.25, -0.2) is 4.79 Å². The van der Waals surface area contributed by atoms with E-state index >= 15 is 0 Å². The summed E-state index contributed by atoms with van der Waals surface area (Å²) in [5.74, 6) is -0.345. The second kappa shape index (κ2) is 9.34. The Balaban J connectivity index is 1.54. The summed E-state index contributed by atoms with van der Waals surface area (Å²) < 4.78 is 6.77. The van der Waals surface area contributed by atoms with Crippen LogP contribution < -0.4 is 10.6 Å². The third-order valence-corrected chi connectivity index (χ3v) is 4.26. The van der Waals surface area contributed by atoms with E-state index in [0.717, 1.165) is 16.9 Å². The standard InChI is InChI=1S/C20H19ClN4O2S/c1-2-27-19(26)15-5-9-17(10-6-15)23-20(28)24-18-11-22-25(13-18)12-14-3-7-16(21)8-4-14/h3-11,13H,2,12H2,1H3,(H2,23,24,28). The minimum Gasteiger partial charge on any atom is -0.462 e. The number of hydrogen-bond donors (Lipinski definition) is 2. The summed E-state index contributed by atoms with van der Waals surface area (Å²) in [4.78, 5) is 11.7. The average molecular weight is 415 g/mol. The summed E-state index contributed by atoms with van der Waals surface area (Å²) in [6.45, 7) is 2.75. The van der Waals surface area contributed by atoms with Crippen molar-refractivity contribution >= 4 is 46.3 Å². The first-order chi connectivity index (χ1) is 13.5. The fourth-order valence-electron chi connectivity index (χ4n) is 2.49. The predicted octanol–water partition coefficient (Wildman–Crippen LogP) is 4.57. The lowest BCUT2D eigenvalue weighted by Crippen LogP contribution is -2.18. The van der Waals surface area contributed by atoms with Crippen molar-refractivity contribution in [1.29, 1.82) is 0 Å². The molecule has 0 bridgehead atoms. The zero-order valence-electron chi connectivity index (χ0n) is 15.2. The molecule has 0 radical (unpaired) electrons. The molecule has 28 heavy (non-hydrogen) atoms. The first kappa shape index (κ1) is 19.9. The first-order valence-electron chi connectivity index (χ1n) is 8.65. The van der Waals surface area contributed by atoms with Crippen LogP contribution in [0, 0.1) is 0 Å². The van der Waals surface area contributed by atoms with Gasteiger partial charge in [-0.15, -0.1) is 0 Å². The number of benzene rings is 2. The summed E-state index contributed by atoms with van der Waals surface area (Å²) in [5.41, 5.74) is 3.13. The molecule has 0 aliphatic rings. The number of rotatable bonds is 6. The number of thiocarbonyl (C=S) groups is 1. The minimum absolute atomic E-state index is 0.345. The van der Waals surface area contributed by atoms with E-state index in [1.54, 1.807) is 37.4 Å². The quantitative estimate of drug-likeness (QED) is 0.455. The molecule has 3 aromatic rings. The number of aromatic nitrogens is 2. The molecule has 0 spiro atoms. The van der Waals surface area contributed by atoms with E-state index in [1.165, 1.54) is 0 Å². The maximum absolute atomic E-state index is 11.7. The summed E-state index contributed by atoms with van der Waals surface area (Å²) in [6.07, 6.45) is 3.57. The van der Waals surface area contributed by atoms with Gasteiger partial charge in [0.05, 0.1) is 30.6 Å². The molecule has 0 saturated heterocycles. The lowest BCUT2D eigenvalue weighted by Gasteiger charge is -2.09. The number of hydrogen-bond acceptors (Lipinski definition) is 4. The van der Waals surface area contributed by atoms with Gasteiger partial charge in [0.15, 0.2) is 5.11 Å². The van der Waals surface area contributed by atoms with Crippen molar-refractivity contribution in [2.75, 3.05) is 17.2 Å². The van der Waals surface area contributed by atoms with Gasteiger partial charge in [0.25, 0.3) is 0 Å². The second-order valence-corrected chi connectivity index (χ2v) is 6.77. The number of esters is 1. The summed E-state index contributed by atoms with van der Waals surface area (Å²) >= 11 is 11.2.